The third-order valence-electron chi connectivity index (χ3n) is 1.33. The van der Waals surface area contributed by atoms with Crippen LogP contribution < -0.4 is 11.5 Å². The first-order valence-corrected chi connectivity index (χ1v) is 3.52. The summed E-state index contributed by atoms with van der Waals surface area (Å²) in [6.07, 6.45) is 0. The van der Waals surface area contributed by atoms with Crippen LogP contribution in [0, 0.1) is 0 Å². The molecule has 0 saturated carbocycles. The van der Waals surface area contributed by atoms with E-state index in [-0.39, 0.29) is 0 Å². The highest BCUT2D eigenvalue weighted by molar-refractivity contribution is 5.71. The van der Waals surface area contributed by atoms with E-state index in [0.29, 0.717) is 5.58 Å². The normalized spacial score (nSPS) is 9.17. The van der Waals surface area contributed by atoms with Gasteiger partial charge in [-0.15, -0.1) is 0 Å². The molecule has 0 aliphatic heterocycles. The number of hydrogen-bond donors (Lipinski definition) is 2. The molecule has 0 aliphatic rings. The van der Waals surface area contributed by atoms with Gasteiger partial charge in [0, 0.05) is 0 Å². The van der Waals surface area contributed by atoms with Crippen molar-refractivity contribution in [2.45, 2.75) is 0 Å². The minimum absolute atomic E-state index is 0.402. The van der Waals surface area contributed by atoms with Crippen molar-refractivity contribution in [3.63, 3.8) is 0 Å². The lowest BCUT2D eigenvalue weighted by molar-refractivity contribution is 0.555. The molecule has 64 valence electrons. The molecule has 1 aromatic carbocycles. The summed E-state index contributed by atoms with van der Waals surface area (Å²) in [5, 5.41) is 0. The number of nitrogens with one attached hydrogen (secondary N) is 1. The minimum Gasteiger partial charge on any atom is -0.408 e. The predicted octanol–water partition coefficient (Wildman–Crippen LogP) is 0.696. The predicted molar refractivity (Wildman–Crippen MR) is 46.9 cm³/mol. The summed E-state index contributed by atoms with van der Waals surface area (Å²) in [7, 11) is 1.50. The summed E-state index contributed by atoms with van der Waals surface area (Å²) in [6, 6.07) is 7.19. The Balaban J connectivity index is 0.000000336. The van der Waals surface area contributed by atoms with Crippen molar-refractivity contribution in [2.24, 2.45) is 5.73 Å². The van der Waals surface area contributed by atoms with Crippen LogP contribution in [0.4, 0.5) is 0 Å². The number of aromatic nitrogens is 1. The van der Waals surface area contributed by atoms with Gasteiger partial charge in [0.15, 0.2) is 5.58 Å². The molecular weight excluding hydrogens is 156 g/mol. The molecular formula is C8H10N2O2. The van der Waals surface area contributed by atoms with E-state index < -0.39 is 5.76 Å². The molecule has 0 bridgehead atoms. The van der Waals surface area contributed by atoms with E-state index in [4.69, 9.17) is 4.42 Å². The zero-order valence-electron chi connectivity index (χ0n) is 6.70. The summed E-state index contributed by atoms with van der Waals surface area (Å²) in [6.45, 7) is 0. The van der Waals surface area contributed by atoms with Gasteiger partial charge in [-0.2, -0.15) is 0 Å². The van der Waals surface area contributed by atoms with Crippen LogP contribution in [0.25, 0.3) is 11.1 Å². The number of benzene rings is 1. The van der Waals surface area contributed by atoms with Crippen molar-refractivity contribution in [2.75, 3.05) is 7.05 Å². The van der Waals surface area contributed by atoms with Crippen LogP contribution in [-0.2, 0) is 0 Å². The Morgan fingerprint density at radius 3 is 2.67 bits per heavy atom. The highest BCUT2D eigenvalue weighted by atomic mass is 16.4. The van der Waals surface area contributed by atoms with Gasteiger partial charge >= 0.3 is 5.76 Å². The Morgan fingerprint density at radius 1 is 1.33 bits per heavy atom. The number of rotatable bonds is 0. The van der Waals surface area contributed by atoms with E-state index in [0.717, 1.165) is 5.52 Å². The molecule has 0 aliphatic carbocycles. The van der Waals surface area contributed by atoms with Crippen LogP contribution in [0.2, 0.25) is 0 Å². The van der Waals surface area contributed by atoms with Crippen molar-refractivity contribution in [3.05, 3.63) is 34.8 Å². The number of para-hydroxylation sites is 2. The van der Waals surface area contributed by atoms with Gasteiger partial charge in [0.05, 0.1) is 5.52 Å². The molecule has 0 amide bonds. The molecule has 0 spiro atoms. The van der Waals surface area contributed by atoms with Crippen molar-refractivity contribution in [1.82, 2.24) is 4.98 Å². The first-order valence-electron chi connectivity index (χ1n) is 3.52. The average Bonchev–Trinajstić information content (AvgIpc) is 2.48. The van der Waals surface area contributed by atoms with Crippen molar-refractivity contribution >= 4 is 11.1 Å². The maximum absolute atomic E-state index is 10.6. The highest BCUT2D eigenvalue weighted by Crippen LogP contribution is 2.06. The number of aromatic amines is 1. The monoisotopic (exact) mass is 166 g/mol. The highest BCUT2D eigenvalue weighted by Gasteiger charge is 1.95. The standard InChI is InChI=1S/C7H5NO2.CH5N/c9-7-8-5-3-1-2-4-6(5)10-7;1-2/h1-4H,(H,8,9);2H2,1H3. The SMILES string of the molecule is CN.O=c1[nH]c2ccccc2o1. The van der Waals surface area contributed by atoms with Gasteiger partial charge in [-0.3, -0.25) is 4.98 Å². The molecule has 0 saturated heterocycles. The average molecular weight is 166 g/mol. The molecule has 1 aromatic heterocycles. The summed E-state index contributed by atoms with van der Waals surface area (Å²) >= 11 is 0. The fourth-order valence-electron chi connectivity index (χ4n) is 0.894. The molecule has 12 heavy (non-hydrogen) atoms. The largest absolute Gasteiger partial charge is 0.417 e. The number of hydrogen-bond acceptors (Lipinski definition) is 3. The third-order valence-corrected chi connectivity index (χ3v) is 1.33. The van der Waals surface area contributed by atoms with Crippen LogP contribution in [0.1, 0.15) is 0 Å². The second-order valence-corrected chi connectivity index (χ2v) is 2.01. The number of oxazole rings is 1. The molecule has 2 aromatic rings. The van der Waals surface area contributed by atoms with Crippen molar-refractivity contribution in [1.29, 1.82) is 0 Å². The van der Waals surface area contributed by atoms with Crippen molar-refractivity contribution in [3.8, 4) is 0 Å². The molecule has 0 unspecified atom stereocenters. The summed E-state index contributed by atoms with van der Waals surface area (Å²) in [5.41, 5.74) is 5.85. The minimum atomic E-state index is -0.402. The Morgan fingerprint density at radius 2 is 2.00 bits per heavy atom. The smallest absolute Gasteiger partial charge is 0.408 e. The van der Waals surface area contributed by atoms with E-state index in [9.17, 15) is 4.79 Å². The van der Waals surface area contributed by atoms with E-state index in [1.807, 2.05) is 12.1 Å². The van der Waals surface area contributed by atoms with Crippen LogP contribution in [-0.4, -0.2) is 12.0 Å². The lowest BCUT2D eigenvalue weighted by atomic mass is 10.3. The number of fused-ring (bicyclic) bond motifs is 1. The molecule has 3 N–H and O–H groups in total. The molecule has 1 heterocycles. The van der Waals surface area contributed by atoms with Crippen LogP contribution in [0.15, 0.2) is 33.5 Å². The van der Waals surface area contributed by atoms with Crippen LogP contribution in [0.5, 0.6) is 0 Å². The van der Waals surface area contributed by atoms with Gasteiger partial charge in [0.2, 0.25) is 0 Å². The lowest BCUT2D eigenvalue weighted by Crippen LogP contribution is -1.92. The first-order chi connectivity index (χ1) is 5.86. The molecule has 0 radical (unpaired) electrons. The second kappa shape index (κ2) is 3.73. The van der Waals surface area contributed by atoms with Crippen LogP contribution >= 0.6 is 0 Å². The Bertz CT molecular complexity index is 366. The fraction of sp³-hybridized carbons (Fsp3) is 0.125. The van der Waals surface area contributed by atoms with E-state index >= 15 is 0 Å². The van der Waals surface area contributed by atoms with Gasteiger partial charge in [-0.1, -0.05) is 12.1 Å². The second-order valence-electron chi connectivity index (χ2n) is 2.01. The topological polar surface area (TPSA) is 72.0 Å². The summed E-state index contributed by atoms with van der Waals surface area (Å²) < 4.78 is 4.76. The molecule has 2 rings (SSSR count). The van der Waals surface area contributed by atoms with Crippen LogP contribution in [0.3, 0.4) is 0 Å². The summed E-state index contributed by atoms with van der Waals surface area (Å²) in [4.78, 5) is 13.1. The van der Waals surface area contributed by atoms with E-state index in [1.54, 1.807) is 12.1 Å². The van der Waals surface area contributed by atoms with Gasteiger partial charge < -0.3 is 10.2 Å². The molecule has 0 atom stereocenters. The Labute approximate surface area is 69.0 Å². The van der Waals surface area contributed by atoms with Gasteiger partial charge in [-0.05, 0) is 19.2 Å². The molecule has 4 nitrogen and oxygen atoms in total. The summed E-state index contributed by atoms with van der Waals surface area (Å²) in [5.74, 6) is -0.402. The lowest BCUT2D eigenvalue weighted by Gasteiger charge is -1.79. The van der Waals surface area contributed by atoms with Gasteiger partial charge in [0.25, 0.3) is 0 Å². The Hall–Kier alpha value is -1.55. The zero-order valence-corrected chi connectivity index (χ0v) is 6.70. The molecule has 0 fully saturated rings. The Kier molecular flexibility index (Phi) is 2.66. The number of H-pyrrole nitrogens is 1. The quantitative estimate of drug-likeness (QED) is 0.605. The maximum atomic E-state index is 10.6. The van der Waals surface area contributed by atoms with E-state index in [1.165, 1.54) is 7.05 Å². The third kappa shape index (κ3) is 1.54. The van der Waals surface area contributed by atoms with Gasteiger partial charge in [-0.25, -0.2) is 4.79 Å². The fourth-order valence-corrected chi connectivity index (χ4v) is 0.894. The number of nitrogens with two attached hydrogens (primary N) is 1. The zero-order chi connectivity index (χ0) is 8.97. The van der Waals surface area contributed by atoms with Crippen molar-refractivity contribution < 1.29 is 4.42 Å². The first kappa shape index (κ1) is 8.55. The van der Waals surface area contributed by atoms with Gasteiger partial charge in [0.1, 0.15) is 0 Å². The molecule has 4 heteroatoms. The van der Waals surface area contributed by atoms with E-state index in [2.05, 4.69) is 10.7 Å². The maximum Gasteiger partial charge on any atom is 0.417 e.